The molecule has 37 heavy (non-hydrogen) atoms. The Bertz CT molecular complexity index is 1280. The largest absolute Gasteiger partial charge is 0.381 e. The summed E-state index contributed by atoms with van der Waals surface area (Å²) in [6.45, 7) is 5.71. The summed E-state index contributed by atoms with van der Waals surface area (Å²) in [6.07, 6.45) is 6.37. The second-order valence-corrected chi connectivity index (χ2v) is 9.84. The van der Waals surface area contributed by atoms with Gasteiger partial charge in [-0.2, -0.15) is 0 Å². The average molecular weight is 504 g/mol. The van der Waals surface area contributed by atoms with E-state index in [0.29, 0.717) is 29.6 Å². The normalized spacial score (nSPS) is 15.2. The maximum absolute atomic E-state index is 13.3. The molecule has 1 aliphatic heterocycles. The Morgan fingerprint density at radius 3 is 2.43 bits per heavy atom. The number of fused-ring (bicyclic) bond motifs is 1. The summed E-state index contributed by atoms with van der Waals surface area (Å²) in [7, 11) is 1.55. The molecule has 2 aromatic carbocycles. The van der Waals surface area contributed by atoms with Gasteiger partial charge in [0.05, 0.1) is 16.9 Å². The summed E-state index contributed by atoms with van der Waals surface area (Å²) >= 11 is 0. The molecule has 3 aromatic rings. The molecule has 8 heteroatoms. The van der Waals surface area contributed by atoms with Crippen molar-refractivity contribution in [1.29, 1.82) is 0 Å². The fraction of sp³-hybridized carbons (Fsp3) is 0.448. The van der Waals surface area contributed by atoms with Gasteiger partial charge in [-0.1, -0.05) is 37.1 Å². The molecule has 2 N–H and O–H groups in total. The lowest BCUT2D eigenvalue weighted by Gasteiger charge is -2.20. The van der Waals surface area contributed by atoms with Crippen LogP contribution in [0.1, 0.15) is 61.5 Å². The van der Waals surface area contributed by atoms with Crippen molar-refractivity contribution in [2.24, 2.45) is 0 Å². The number of carbonyl (C=O) groups excluding carboxylic acids is 2. The molecule has 196 valence electrons. The van der Waals surface area contributed by atoms with E-state index in [4.69, 9.17) is 0 Å². The van der Waals surface area contributed by atoms with E-state index in [1.54, 1.807) is 20.0 Å². The van der Waals surface area contributed by atoms with Gasteiger partial charge in [0.1, 0.15) is 12.1 Å². The van der Waals surface area contributed by atoms with Crippen LogP contribution in [0.5, 0.6) is 0 Å². The number of benzene rings is 2. The Morgan fingerprint density at radius 1 is 1.05 bits per heavy atom. The first kappa shape index (κ1) is 26.5. The predicted octanol–water partition coefficient (Wildman–Crippen LogP) is 3.96. The Labute approximate surface area is 218 Å². The minimum atomic E-state index is -0.744. The molecule has 1 fully saturated rings. The minimum Gasteiger partial charge on any atom is -0.381 e. The van der Waals surface area contributed by atoms with E-state index >= 15 is 0 Å². The van der Waals surface area contributed by atoms with Gasteiger partial charge < -0.3 is 15.4 Å². The lowest BCUT2D eigenvalue weighted by molar-refractivity contribution is -0.121. The Morgan fingerprint density at radius 2 is 1.76 bits per heavy atom. The van der Waals surface area contributed by atoms with Crippen molar-refractivity contribution in [3.05, 3.63) is 69.8 Å². The fourth-order valence-corrected chi connectivity index (χ4v) is 4.99. The Balaban J connectivity index is 1.45. The van der Waals surface area contributed by atoms with Crippen molar-refractivity contribution in [2.45, 2.75) is 64.6 Å². The first-order valence-corrected chi connectivity index (χ1v) is 13.2. The number of amides is 1. The number of aromatic nitrogens is 2. The van der Waals surface area contributed by atoms with Crippen molar-refractivity contribution >= 4 is 28.8 Å². The number of aldehydes is 1. The van der Waals surface area contributed by atoms with Gasteiger partial charge >= 0.3 is 0 Å². The van der Waals surface area contributed by atoms with E-state index in [9.17, 15) is 14.4 Å². The van der Waals surface area contributed by atoms with Crippen LogP contribution in [-0.2, 0) is 22.7 Å². The van der Waals surface area contributed by atoms with E-state index in [2.05, 4.69) is 44.8 Å². The number of carbonyl (C=O) groups is 2. The van der Waals surface area contributed by atoms with Crippen molar-refractivity contribution in [2.75, 3.05) is 25.5 Å². The molecule has 1 unspecified atom stereocenters. The first-order valence-electron chi connectivity index (χ1n) is 13.2. The van der Waals surface area contributed by atoms with E-state index in [1.807, 2.05) is 12.1 Å². The molecular formula is C29H37N5O3. The van der Waals surface area contributed by atoms with E-state index < -0.39 is 6.04 Å². The van der Waals surface area contributed by atoms with Crippen LogP contribution >= 0.6 is 0 Å². The molecule has 1 aliphatic rings. The maximum atomic E-state index is 13.3. The highest BCUT2D eigenvalue weighted by molar-refractivity contribution is 5.82. The van der Waals surface area contributed by atoms with Crippen molar-refractivity contribution in [3.8, 4) is 0 Å². The zero-order chi connectivity index (χ0) is 26.2. The highest BCUT2D eigenvalue weighted by Crippen LogP contribution is 2.20. The minimum absolute atomic E-state index is 0.155. The maximum Gasteiger partial charge on any atom is 0.262 e. The standard InChI is InChI=1S/C29H37N5O3/c1-21-32-27-13-11-24(17-26(27)29(37)34(21)25(20-35)12-14-28(36)30-2)31-18-22-7-9-23(10-8-22)19-33-15-5-3-4-6-16-33/h7-11,13,17,20,25,31H,3-6,12,14-16,18-19H2,1-2H3,(H,30,36). The third kappa shape index (κ3) is 6.83. The summed E-state index contributed by atoms with van der Waals surface area (Å²) in [5, 5.41) is 6.39. The highest BCUT2D eigenvalue weighted by atomic mass is 16.2. The van der Waals surface area contributed by atoms with Crippen molar-refractivity contribution < 1.29 is 9.59 Å². The quantitative estimate of drug-likeness (QED) is 0.407. The topological polar surface area (TPSA) is 96.3 Å². The van der Waals surface area contributed by atoms with Crippen LogP contribution in [0.2, 0.25) is 0 Å². The highest BCUT2D eigenvalue weighted by Gasteiger charge is 2.18. The molecule has 0 radical (unpaired) electrons. The third-order valence-electron chi connectivity index (χ3n) is 7.14. The SMILES string of the molecule is CNC(=O)CCC(C=O)n1c(C)nc2ccc(NCc3ccc(CN4CCCCCC4)cc3)cc2c1=O. The fourth-order valence-electron chi connectivity index (χ4n) is 4.99. The molecule has 1 amide bonds. The molecular weight excluding hydrogens is 466 g/mol. The molecule has 4 rings (SSSR count). The van der Waals surface area contributed by atoms with Crippen molar-refractivity contribution in [1.82, 2.24) is 19.8 Å². The van der Waals surface area contributed by atoms with Gasteiger partial charge in [0.25, 0.3) is 5.56 Å². The van der Waals surface area contributed by atoms with Gasteiger partial charge in [-0.15, -0.1) is 0 Å². The molecule has 0 spiro atoms. The first-order chi connectivity index (χ1) is 18.0. The van der Waals surface area contributed by atoms with Gasteiger partial charge in [-0.25, -0.2) is 4.98 Å². The molecule has 0 aliphatic carbocycles. The van der Waals surface area contributed by atoms with Crippen molar-refractivity contribution in [3.63, 3.8) is 0 Å². The summed E-state index contributed by atoms with van der Waals surface area (Å²) in [5.41, 5.74) is 3.61. The zero-order valence-corrected chi connectivity index (χ0v) is 21.8. The molecule has 8 nitrogen and oxygen atoms in total. The lowest BCUT2D eigenvalue weighted by Crippen LogP contribution is -2.30. The van der Waals surface area contributed by atoms with Crippen LogP contribution in [-0.4, -0.2) is 46.8 Å². The van der Waals surface area contributed by atoms with Gasteiger partial charge in [0.2, 0.25) is 5.91 Å². The predicted molar refractivity (Wildman–Crippen MR) is 147 cm³/mol. The van der Waals surface area contributed by atoms with Gasteiger partial charge in [0.15, 0.2) is 0 Å². The van der Waals surface area contributed by atoms with Gasteiger partial charge in [-0.3, -0.25) is 19.1 Å². The second kappa shape index (κ2) is 12.6. The summed E-state index contributed by atoms with van der Waals surface area (Å²) in [4.78, 5) is 43.9. The number of rotatable bonds is 10. The Hall–Kier alpha value is -3.52. The second-order valence-electron chi connectivity index (χ2n) is 9.84. The monoisotopic (exact) mass is 503 g/mol. The van der Waals surface area contributed by atoms with Gasteiger partial charge in [-0.05, 0) is 68.6 Å². The lowest BCUT2D eigenvalue weighted by atomic mass is 10.1. The van der Waals surface area contributed by atoms with Crippen LogP contribution < -0.4 is 16.2 Å². The molecule has 1 saturated heterocycles. The molecule has 1 atom stereocenters. The Kier molecular flexibility index (Phi) is 9.06. The number of hydrogen-bond donors (Lipinski definition) is 2. The third-order valence-corrected chi connectivity index (χ3v) is 7.14. The number of likely N-dealkylation sites (tertiary alicyclic amines) is 1. The van der Waals surface area contributed by atoms with Crippen LogP contribution in [0, 0.1) is 6.92 Å². The molecule has 1 aromatic heterocycles. The van der Waals surface area contributed by atoms with E-state index in [0.717, 1.165) is 17.8 Å². The smallest absolute Gasteiger partial charge is 0.262 e. The van der Waals surface area contributed by atoms with Crippen LogP contribution in [0.3, 0.4) is 0 Å². The number of aryl methyl sites for hydroxylation is 1. The summed E-state index contributed by atoms with van der Waals surface area (Å²) < 4.78 is 1.39. The number of nitrogens with zero attached hydrogens (tertiary/aromatic N) is 3. The van der Waals surface area contributed by atoms with Gasteiger partial charge in [0, 0.05) is 32.2 Å². The van der Waals surface area contributed by atoms with E-state index in [-0.39, 0.29) is 24.3 Å². The number of nitrogens with one attached hydrogen (secondary N) is 2. The summed E-state index contributed by atoms with van der Waals surface area (Å²) in [5.74, 6) is 0.278. The summed E-state index contributed by atoms with van der Waals surface area (Å²) in [6, 6.07) is 13.5. The van der Waals surface area contributed by atoms with Crippen LogP contribution in [0.15, 0.2) is 47.3 Å². The van der Waals surface area contributed by atoms with Crippen LogP contribution in [0.25, 0.3) is 10.9 Å². The number of anilines is 1. The average Bonchev–Trinajstić information content (AvgIpc) is 3.18. The van der Waals surface area contributed by atoms with E-state index in [1.165, 1.54) is 48.9 Å². The zero-order valence-electron chi connectivity index (χ0n) is 21.8. The van der Waals surface area contributed by atoms with Crippen LogP contribution in [0.4, 0.5) is 5.69 Å². The molecule has 0 bridgehead atoms. The molecule has 0 saturated carbocycles. The number of hydrogen-bond acceptors (Lipinski definition) is 6. The molecule has 2 heterocycles.